The maximum Gasteiger partial charge on any atom is 0.405 e. The Bertz CT molecular complexity index is 802. The quantitative estimate of drug-likeness (QED) is 0.433. The molecule has 0 fully saturated rings. The molecule has 1 atom stereocenters. The number of alkyl halides is 3. The fourth-order valence-electron chi connectivity index (χ4n) is 2.52. The van der Waals surface area contributed by atoms with Gasteiger partial charge in [-0.15, -0.1) is 0 Å². The molecule has 0 radical (unpaired) electrons. The molecule has 1 amide bonds. The van der Waals surface area contributed by atoms with E-state index >= 15 is 0 Å². The zero-order valence-electron chi connectivity index (χ0n) is 16.5. The summed E-state index contributed by atoms with van der Waals surface area (Å²) in [6, 6.07) is 3.53. The van der Waals surface area contributed by atoms with E-state index in [1.807, 2.05) is 19.9 Å². The van der Waals surface area contributed by atoms with Crippen LogP contribution in [0.5, 0.6) is 0 Å². The molecule has 0 unspecified atom stereocenters. The van der Waals surface area contributed by atoms with Crippen LogP contribution in [-0.2, 0) is 20.9 Å². The fraction of sp³-hybridized carbons (Fsp3) is 0.526. The molecule has 0 saturated heterocycles. The van der Waals surface area contributed by atoms with Gasteiger partial charge in [-0.1, -0.05) is 13.8 Å². The van der Waals surface area contributed by atoms with Crippen molar-refractivity contribution in [1.29, 1.82) is 5.26 Å². The Balaban J connectivity index is 2.92. The number of hydrogen-bond donors (Lipinski definition) is 1. The monoisotopic (exact) mass is 399 g/mol. The number of hydrogen-bond acceptors (Lipinski definition) is 4. The SMILES string of the molecule is Cc1cc(/C=C(\C#N)C(=O)O[C@@H](C)C(=O)NCC(F)(F)F)c(C)n1CC(C)C. The second kappa shape index (κ2) is 9.44. The first-order valence-electron chi connectivity index (χ1n) is 8.69. The van der Waals surface area contributed by atoms with Gasteiger partial charge in [-0.3, -0.25) is 4.79 Å². The highest BCUT2D eigenvalue weighted by molar-refractivity contribution is 5.99. The molecule has 0 saturated carbocycles. The number of ether oxygens (including phenoxy) is 1. The largest absolute Gasteiger partial charge is 0.448 e. The van der Waals surface area contributed by atoms with Gasteiger partial charge in [0.2, 0.25) is 0 Å². The van der Waals surface area contributed by atoms with Gasteiger partial charge >= 0.3 is 12.1 Å². The minimum absolute atomic E-state index is 0.347. The van der Waals surface area contributed by atoms with Crippen molar-refractivity contribution in [3.05, 3.63) is 28.6 Å². The molecule has 1 aromatic heterocycles. The summed E-state index contributed by atoms with van der Waals surface area (Å²) < 4.78 is 43.3. The summed E-state index contributed by atoms with van der Waals surface area (Å²) in [5.41, 5.74) is 2.13. The third-order valence-electron chi connectivity index (χ3n) is 3.92. The van der Waals surface area contributed by atoms with Gasteiger partial charge in [0.1, 0.15) is 18.2 Å². The molecule has 0 bridgehead atoms. The molecule has 9 heteroatoms. The minimum Gasteiger partial charge on any atom is -0.448 e. The van der Waals surface area contributed by atoms with Gasteiger partial charge in [0.05, 0.1) is 0 Å². The predicted octanol–water partition coefficient (Wildman–Crippen LogP) is 3.28. The third-order valence-corrected chi connectivity index (χ3v) is 3.92. The Morgan fingerprint density at radius 2 is 1.93 bits per heavy atom. The second-order valence-electron chi connectivity index (χ2n) is 6.88. The van der Waals surface area contributed by atoms with E-state index < -0.39 is 30.7 Å². The topological polar surface area (TPSA) is 84.1 Å². The van der Waals surface area contributed by atoms with Crippen molar-refractivity contribution >= 4 is 18.0 Å². The molecule has 0 aliphatic rings. The lowest BCUT2D eigenvalue weighted by atomic mass is 10.1. The van der Waals surface area contributed by atoms with Crippen LogP contribution in [0.4, 0.5) is 13.2 Å². The van der Waals surface area contributed by atoms with Crippen molar-refractivity contribution in [2.24, 2.45) is 5.92 Å². The summed E-state index contributed by atoms with van der Waals surface area (Å²) in [6.07, 6.45) is -4.70. The van der Waals surface area contributed by atoms with E-state index in [-0.39, 0.29) is 5.57 Å². The van der Waals surface area contributed by atoms with Crippen LogP contribution in [0.15, 0.2) is 11.6 Å². The lowest BCUT2D eigenvalue weighted by Crippen LogP contribution is -2.40. The van der Waals surface area contributed by atoms with E-state index in [4.69, 9.17) is 4.74 Å². The van der Waals surface area contributed by atoms with Gasteiger partial charge in [-0.2, -0.15) is 18.4 Å². The molecule has 1 N–H and O–H groups in total. The van der Waals surface area contributed by atoms with Crippen molar-refractivity contribution in [3.63, 3.8) is 0 Å². The van der Waals surface area contributed by atoms with E-state index in [1.54, 1.807) is 11.4 Å². The molecule has 1 heterocycles. The van der Waals surface area contributed by atoms with E-state index in [9.17, 15) is 28.0 Å². The van der Waals surface area contributed by atoms with Gasteiger partial charge in [-0.05, 0) is 44.4 Å². The molecule has 0 aromatic carbocycles. The fourth-order valence-corrected chi connectivity index (χ4v) is 2.52. The number of esters is 1. The number of aromatic nitrogens is 1. The molecule has 28 heavy (non-hydrogen) atoms. The van der Waals surface area contributed by atoms with Gasteiger partial charge < -0.3 is 14.6 Å². The van der Waals surface area contributed by atoms with Crippen molar-refractivity contribution in [1.82, 2.24) is 9.88 Å². The summed E-state index contributed by atoms with van der Waals surface area (Å²) in [7, 11) is 0. The van der Waals surface area contributed by atoms with Crippen LogP contribution >= 0.6 is 0 Å². The standard InChI is InChI=1S/C19H24F3N3O3/c1-11(2)9-25-12(3)6-15(13(25)4)7-16(8-23)18(27)28-14(5)17(26)24-10-19(20,21)22/h6-7,11,14H,9-10H2,1-5H3,(H,24,26)/b16-7+/t14-/m0/s1. The van der Waals surface area contributed by atoms with Crippen LogP contribution in [0, 0.1) is 31.1 Å². The molecule has 154 valence electrons. The minimum atomic E-state index is -4.57. The number of aryl methyl sites for hydroxylation is 1. The summed E-state index contributed by atoms with van der Waals surface area (Å²) >= 11 is 0. The van der Waals surface area contributed by atoms with Crippen LogP contribution in [0.25, 0.3) is 6.08 Å². The number of amides is 1. The van der Waals surface area contributed by atoms with Gasteiger partial charge in [-0.25, -0.2) is 4.79 Å². The number of nitrogens with zero attached hydrogens (tertiary/aromatic N) is 2. The first-order chi connectivity index (χ1) is 12.9. The Labute approximate surface area is 162 Å². The molecule has 1 aromatic rings. The maximum absolute atomic E-state index is 12.2. The van der Waals surface area contributed by atoms with Gasteiger partial charge in [0, 0.05) is 17.9 Å². The van der Waals surface area contributed by atoms with E-state index in [0.717, 1.165) is 24.9 Å². The first-order valence-corrected chi connectivity index (χ1v) is 8.69. The Kier molecular flexibility index (Phi) is 7.85. The second-order valence-corrected chi connectivity index (χ2v) is 6.88. The highest BCUT2D eigenvalue weighted by Gasteiger charge is 2.29. The highest BCUT2D eigenvalue weighted by atomic mass is 19.4. The smallest absolute Gasteiger partial charge is 0.405 e. The van der Waals surface area contributed by atoms with E-state index in [1.165, 1.54) is 6.08 Å². The van der Waals surface area contributed by atoms with Crippen LogP contribution in [0.3, 0.4) is 0 Å². The Morgan fingerprint density at radius 3 is 2.43 bits per heavy atom. The molecule has 0 aliphatic carbocycles. The number of rotatable bonds is 7. The maximum atomic E-state index is 12.2. The molecule has 0 spiro atoms. The number of carbonyl (C=O) groups is 2. The Morgan fingerprint density at radius 1 is 1.32 bits per heavy atom. The third kappa shape index (κ3) is 6.76. The summed E-state index contributed by atoms with van der Waals surface area (Å²) in [6.45, 7) is 8.27. The average molecular weight is 399 g/mol. The molecule has 0 aliphatic heterocycles. The predicted molar refractivity (Wildman–Crippen MR) is 97.0 cm³/mol. The summed E-state index contributed by atoms with van der Waals surface area (Å²) in [5, 5.41) is 10.9. The number of nitrogens with one attached hydrogen (secondary N) is 1. The summed E-state index contributed by atoms with van der Waals surface area (Å²) in [4.78, 5) is 23.8. The number of carbonyl (C=O) groups excluding carboxylic acids is 2. The van der Waals surface area contributed by atoms with Crippen LogP contribution in [0.1, 0.15) is 37.7 Å². The van der Waals surface area contributed by atoms with E-state index in [2.05, 4.69) is 18.4 Å². The zero-order chi connectivity index (χ0) is 21.6. The van der Waals surface area contributed by atoms with Crippen LogP contribution in [0.2, 0.25) is 0 Å². The lowest BCUT2D eigenvalue weighted by Gasteiger charge is -2.14. The molecular formula is C19H24F3N3O3. The highest BCUT2D eigenvalue weighted by Crippen LogP contribution is 2.20. The zero-order valence-corrected chi connectivity index (χ0v) is 16.5. The van der Waals surface area contributed by atoms with E-state index in [0.29, 0.717) is 11.5 Å². The van der Waals surface area contributed by atoms with Crippen LogP contribution in [-0.4, -0.2) is 35.3 Å². The lowest BCUT2D eigenvalue weighted by molar-refractivity contribution is -0.154. The van der Waals surface area contributed by atoms with Gasteiger partial charge in [0.15, 0.2) is 6.10 Å². The van der Waals surface area contributed by atoms with Crippen molar-refractivity contribution in [2.45, 2.75) is 53.4 Å². The molecule has 1 rings (SSSR count). The Hall–Kier alpha value is -2.76. The first kappa shape index (κ1) is 23.3. The molecule has 6 nitrogen and oxygen atoms in total. The van der Waals surface area contributed by atoms with Crippen molar-refractivity contribution in [2.75, 3.05) is 6.54 Å². The van der Waals surface area contributed by atoms with Gasteiger partial charge in [0.25, 0.3) is 5.91 Å². The normalized spacial score (nSPS) is 13.2. The van der Waals surface area contributed by atoms with Crippen molar-refractivity contribution < 1.29 is 27.5 Å². The van der Waals surface area contributed by atoms with Crippen LogP contribution < -0.4 is 5.32 Å². The molecular weight excluding hydrogens is 375 g/mol. The van der Waals surface area contributed by atoms with Crippen molar-refractivity contribution in [3.8, 4) is 6.07 Å². The number of nitriles is 1. The summed E-state index contributed by atoms with van der Waals surface area (Å²) in [5.74, 6) is -1.78. The average Bonchev–Trinajstić information content (AvgIpc) is 2.83. The number of halogens is 3.